The summed E-state index contributed by atoms with van der Waals surface area (Å²) in [5.41, 5.74) is 9.57. The smallest absolute Gasteiger partial charge is 0.209 e. The maximum absolute atomic E-state index is 5.89. The van der Waals surface area contributed by atoms with Gasteiger partial charge in [0.15, 0.2) is 5.65 Å². The van der Waals surface area contributed by atoms with Crippen LogP contribution >= 0.6 is 11.3 Å². The molecule has 2 N–H and O–H groups in total. The molecule has 0 saturated carbocycles. The van der Waals surface area contributed by atoms with Crippen LogP contribution in [0.4, 0.5) is 11.8 Å². The fraction of sp³-hybridized carbons (Fsp3) is 0.333. The highest BCUT2D eigenvalue weighted by atomic mass is 32.1. The second-order valence-electron chi connectivity index (χ2n) is 4.56. The zero-order chi connectivity index (χ0) is 14.1. The number of aryl methyl sites for hydroxylation is 1. The van der Waals surface area contributed by atoms with E-state index >= 15 is 0 Å². The number of nitrogens with zero attached hydrogens (tertiary/aromatic N) is 6. The Morgan fingerprint density at radius 1 is 1.45 bits per heavy atom. The van der Waals surface area contributed by atoms with E-state index in [0.29, 0.717) is 11.6 Å². The maximum atomic E-state index is 5.89. The quantitative estimate of drug-likeness (QED) is 0.775. The van der Waals surface area contributed by atoms with Crippen molar-refractivity contribution in [1.82, 2.24) is 24.6 Å². The van der Waals surface area contributed by atoms with E-state index in [9.17, 15) is 0 Å². The van der Waals surface area contributed by atoms with Crippen molar-refractivity contribution >= 4 is 28.8 Å². The third-order valence-corrected chi connectivity index (χ3v) is 4.21. The van der Waals surface area contributed by atoms with Gasteiger partial charge in [-0.3, -0.25) is 4.40 Å². The Balaban J connectivity index is 1.78. The van der Waals surface area contributed by atoms with E-state index < -0.39 is 0 Å². The second kappa shape index (κ2) is 5.04. The summed E-state index contributed by atoms with van der Waals surface area (Å²) in [6.45, 7) is 2.88. The van der Waals surface area contributed by atoms with E-state index in [1.54, 1.807) is 22.1 Å². The van der Waals surface area contributed by atoms with Gasteiger partial charge in [0.2, 0.25) is 5.95 Å². The summed E-state index contributed by atoms with van der Waals surface area (Å²) in [7, 11) is 1.99. The van der Waals surface area contributed by atoms with Crippen LogP contribution in [0.25, 0.3) is 5.65 Å². The molecule has 0 aliphatic carbocycles. The minimum Gasteiger partial charge on any atom is -0.369 e. The molecule has 0 saturated heterocycles. The van der Waals surface area contributed by atoms with Crippen LogP contribution in [0.2, 0.25) is 0 Å². The van der Waals surface area contributed by atoms with Crippen molar-refractivity contribution in [2.45, 2.75) is 13.3 Å². The van der Waals surface area contributed by atoms with Crippen molar-refractivity contribution in [2.24, 2.45) is 0 Å². The molecule has 0 fully saturated rings. The lowest BCUT2D eigenvalue weighted by atomic mass is 10.3. The van der Waals surface area contributed by atoms with Gasteiger partial charge in [0.25, 0.3) is 0 Å². The fourth-order valence-corrected chi connectivity index (χ4v) is 2.75. The number of aromatic nitrogens is 5. The molecule has 0 atom stereocenters. The van der Waals surface area contributed by atoms with Crippen LogP contribution in [-0.4, -0.2) is 38.2 Å². The Morgan fingerprint density at radius 3 is 3.05 bits per heavy atom. The van der Waals surface area contributed by atoms with Crippen LogP contribution in [0.5, 0.6) is 0 Å². The number of rotatable bonds is 4. The van der Waals surface area contributed by atoms with Gasteiger partial charge in [0.05, 0.1) is 11.2 Å². The molecule has 0 unspecified atom stereocenters. The van der Waals surface area contributed by atoms with Gasteiger partial charge in [0, 0.05) is 31.0 Å². The molecule has 3 heterocycles. The molecular formula is C12H15N7S. The topological polar surface area (TPSA) is 85.2 Å². The van der Waals surface area contributed by atoms with Crippen molar-refractivity contribution in [3.8, 4) is 0 Å². The van der Waals surface area contributed by atoms with E-state index in [4.69, 9.17) is 5.73 Å². The first kappa shape index (κ1) is 12.8. The summed E-state index contributed by atoms with van der Waals surface area (Å²) >= 11 is 1.68. The predicted octanol–water partition coefficient (Wildman–Crippen LogP) is 1.15. The number of anilines is 2. The molecule has 0 spiro atoms. The summed E-state index contributed by atoms with van der Waals surface area (Å²) in [4.78, 5) is 12.0. The van der Waals surface area contributed by atoms with E-state index in [1.807, 2.05) is 25.5 Å². The third-order valence-electron chi connectivity index (χ3n) is 3.22. The Bertz CT molecular complexity index is 732. The summed E-state index contributed by atoms with van der Waals surface area (Å²) < 4.78 is 1.66. The summed E-state index contributed by atoms with van der Waals surface area (Å²) in [5.74, 6) is 1.19. The number of hydrogen-bond acceptors (Lipinski definition) is 7. The van der Waals surface area contributed by atoms with Crippen LogP contribution in [0.15, 0.2) is 17.9 Å². The Hall–Kier alpha value is -2.22. The van der Waals surface area contributed by atoms with Crippen molar-refractivity contribution in [3.63, 3.8) is 0 Å². The highest BCUT2D eigenvalue weighted by Gasteiger charge is 2.09. The van der Waals surface area contributed by atoms with Gasteiger partial charge in [0.1, 0.15) is 12.1 Å². The van der Waals surface area contributed by atoms with E-state index in [1.165, 1.54) is 4.88 Å². The van der Waals surface area contributed by atoms with Gasteiger partial charge in [-0.1, -0.05) is 0 Å². The van der Waals surface area contributed by atoms with Crippen molar-refractivity contribution in [2.75, 3.05) is 24.2 Å². The van der Waals surface area contributed by atoms with Gasteiger partial charge in [-0.05, 0) is 6.92 Å². The first-order chi connectivity index (χ1) is 9.65. The Kier molecular flexibility index (Phi) is 3.23. The van der Waals surface area contributed by atoms with Crippen LogP contribution in [0.3, 0.4) is 0 Å². The van der Waals surface area contributed by atoms with E-state index in [2.05, 4.69) is 25.1 Å². The molecule has 0 bridgehead atoms. The van der Waals surface area contributed by atoms with Crippen LogP contribution in [0.1, 0.15) is 10.6 Å². The number of nitrogens with two attached hydrogens (primary N) is 1. The van der Waals surface area contributed by atoms with Crippen molar-refractivity contribution in [3.05, 3.63) is 28.5 Å². The standard InChI is InChI=1S/C12H15N7S/c1-8-9(20-7-14-8)3-4-18(2)10-5-11-17-15-6-19(11)12(13)16-10/h5-7H,3-4H2,1-2H3,(H2,13,16). The molecule has 8 heteroatoms. The van der Waals surface area contributed by atoms with Gasteiger partial charge in [-0.2, -0.15) is 4.98 Å². The van der Waals surface area contributed by atoms with E-state index in [0.717, 1.165) is 24.5 Å². The average Bonchev–Trinajstić information content (AvgIpc) is 3.05. The third kappa shape index (κ3) is 2.29. The molecule has 20 heavy (non-hydrogen) atoms. The molecule has 104 valence electrons. The van der Waals surface area contributed by atoms with Gasteiger partial charge in [-0.15, -0.1) is 21.5 Å². The van der Waals surface area contributed by atoms with Crippen molar-refractivity contribution < 1.29 is 0 Å². The first-order valence-electron chi connectivity index (χ1n) is 6.21. The molecule has 3 aromatic heterocycles. The van der Waals surface area contributed by atoms with Gasteiger partial charge < -0.3 is 10.6 Å². The summed E-state index contributed by atoms with van der Waals surface area (Å²) in [6, 6.07) is 1.88. The number of fused-ring (bicyclic) bond motifs is 1. The molecule has 0 amide bonds. The Morgan fingerprint density at radius 2 is 2.30 bits per heavy atom. The fourth-order valence-electron chi connectivity index (χ4n) is 1.98. The minimum absolute atomic E-state index is 0.392. The highest BCUT2D eigenvalue weighted by Crippen LogP contribution is 2.17. The lowest BCUT2D eigenvalue weighted by Crippen LogP contribution is -2.22. The lowest BCUT2D eigenvalue weighted by Gasteiger charge is -2.18. The zero-order valence-electron chi connectivity index (χ0n) is 11.3. The number of likely N-dealkylation sites (N-methyl/N-ethyl adjacent to an activating group) is 1. The normalized spacial score (nSPS) is 11.1. The number of nitrogen functional groups attached to an aromatic ring is 1. The molecule has 3 aromatic rings. The number of hydrogen-bond donors (Lipinski definition) is 1. The maximum Gasteiger partial charge on any atom is 0.209 e. The van der Waals surface area contributed by atoms with Gasteiger partial charge in [-0.25, -0.2) is 4.98 Å². The molecule has 7 nitrogen and oxygen atoms in total. The Labute approximate surface area is 120 Å². The minimum atomic E-state index is 0.392. The molecule has 0 aliphatic heterocycles. The van der Waals surface area contributed by atoms with Crippen LogP contribution in [-0.2, 0) is 6.42 Å². The van der Waals surface area contributed by atoms with Gasteiger partial charge >= 0.3 is 0 Å². The number of thiazole rings is 1. The summed E-state index contributed by atoms with van der Waals surface area (Å²) in [6.07, 6.45) is 2.49. The second-order valence-corrected chi connectivity index (χ2v) is 5.50. The summed E-state index contributed by atoms with van der Waals surface area (Å²) in [5, 5.41) is 7.83. The zero-order valence-corrected chi connectivity index (χ0v) is 12.1. The SMILES string of the molecule is Cc1ncsc1CCN(C)c1cc2nncn2c(N)n1. The first-order valence-corrected chi connectivity index (χ1v) is 7.09. The highest BCUT2D eigenvalue weighted by molar-refractivity contribution is 7.09. The van der Waals surface area contributed by atoms with Crippen LogP contribution in [0, 0.1) is 6.92 Å². The molecule has 0 aromatic carbocycles. The monoisotopic (exact) mass is 289 g/mol. The molecule has 0 radical (unpaired) electrons. The molecular weight excluding hydrogens is 274 g/mol. The average molecular weight is 289 g/mol. The van der Waals surface area contributed by atoms with Crippen LogP contribution < -0.4 is 10.6 Å². The predicted molar refractivity (Wildman–Crippen MR) is 79.0 cm³/mol. The lowest BCUT2D eigenvalue weighted by molar-refractivity contribution is 0.859. The van der Waals surface area contributed by atoms with Crippen molar-refractivity contribution in [1.29, 1.82) is 0 Å². The van der Waals surface area contributed by atoms with E-state index in [-0.39, 0.29) is 0 Å². The molecule has 0 aliphatic rings. The molecule has 3 rings (SSSR count). The largest absolute Gasteiger partial charge is 0.369 e.